The first-order valence-electron chi connectivity index (χ1n) is 11.4. The molecule has 1 aliphatic rings. The van der Waals surface area contributed by atoms with E-state index in [9.17, 15) is 4.79 Å². The van der Waals surface area contributed by atoms with Crippen LogP contribution < -0.4 is 4.74 Å². The van der Waals surface area contributed by atoms with Gasteiger partial charge in [0, 0.05) is 0 Å². The van der Waals surface area contributed by atoms with Gasteiger partial charge in [-0.1, -0.05) is 63.7 Å². The van der Waals surface area contributed by atoms with Crippen molar-refractivity contribution < 1.29 is 14.3 Å². The summed E-state index contributed by atoms with van der Waals surface area (Å²) < 4.78 is 11.3. The summed E-state index contributed by atoms with van der Waals surface area (Å²) in [6, 6.07) is 8.26. The molecule has 1 atom stereocenters. The number of carbonyl (C=O) groups is 1. The van der Waals surface area contributed by atoms with E-state index in [0.717, 1.165) is 31.4 Å². The molecule has 2 rings (SSSR count). The highest BCUT2D eigenvalue weighted by Crippen LogP contribution is 2.27. The number of ether oxygens (including phenoxy) is 2. The topological polar surface area (TPSA) is 35.5 Å². The maximum atomic E-state index is 12.3. The molecule has 1 aromatic carbocycles. The van der Waals surface area contributed by atoms with Crippen LogP contribution in [0.15, 0.2) is 30.3 Å². The number of esters is 1. The number of carbonyl (C=O) groups excluding carboxylic acids is 1. The molecule has 0 spiro atoms. The molecule has 0 saturated carbocycles. The van der Waals surface area contributed by atoms with Crippen molar-refractivity contribution in [3.8, 4) is 5.75 Å². The molecule has 0 radical (unpaired) electrons. The summed E-state index contributed by atoms with van der Waals surface area (Å²) in [5.74, 6) is 0.506. The monoisotopic (exact) mass is 386 g/mol. The van der Waals surface area contributed by atoms with Crippen molar-refractivity contribution in [2.45, 2.75) is 97.0 Å². The van der Waals surface area contributed by atoms with Crippen LogP contribution in [-0.4, -0.2) is 18.7 Å². The molecule has 28 heavy (non-hydrogen) atoms. The minimum atomic E-state index is -0.506. The van der Waals surface area contributed by atoms with Gasteiger partial charge in [0.05, 0.1) is 6.61 Å². The highest BCUT2D eigenvalue weighted by molar-refractivity contribution is 5.75. The molecule has 1 aliphatic carbocycles. The lowest BCUT2D eigenvalue weighted by Gasteiger charge is -2.18. The molecule has 0 bridgehead atoms. The van der Waals surface area contributed by atoms with E-state index in [1.807, 2.05) is 19.1 Å². The fourth-order valence-electron chi connectivity index (χ4n) is 3.76. The van der Waals surface area contributed by atoms with Crippen LogP contribution in [0.3, 0.4) is 0 Å². The van der Waals surface area contributed by atoms with E-state index < -0.39 is 6.10 Å². The van der Waals surface area contributed by atoms with Crippen LogP contribution >= 0.6 is 0 Å². The van der Waals surface area contributed by atoms with Crippen LogP contribution in [0.4, 0.5) is 0 Å². The zero-order valence-electron chi connectivity index (χ0n) is 17.9. The van der Waals surface area contributed by atoms with Gasteiger partial charge < -0.3 is 9.47 Å². The van der Waals surface area contributed by atoms with Crippen LogP contribution in [-0.2, 0) is 9.53 Å². The van der Waals surface area contributed by atoms with Crippen molar-refractivity contribution in [3.05, 3.63) is 35.9 Å². The van der Waals surface area contributed by atoms with Crippen molar-refractivity contribution in [2.75, 3.05) is 6.61 Å². The SMILES string of the molecule is CCCCCCCC(Oc1ccc(/C2=C/CCCCCC2)cc1)C(=O)OCC. The molecular weight excluding hydrogens is 348 g/mol. The first-order valence-corrected chi connectivity index (χ1v) is 11.4. The van der Waals surface area contributed by atoms with E-state index in [1.54, 1.807) is 0 Å². The summed E-state index contributed by atoms with van der Waals surface area (Å²) in [4.78, 5) is 12.3. The van der Waals surface area contributed by atoms with Crippen molar-refractivity contribution >= 4 is 11.5 Å². The van der Waals surface area contributed by atoms with Gasteiger partial charge in [-0.15, -0.1) is 0 Å². The van der Waals surface area contributed by atoms with Crippen molar-refractivity contribution in [2.24, 2.45) is 0 Å². The maximum Gasteiger partial charge on any atom is 0.347 e. The second kappa shape index (κ2) is 13.4. The van der Waals surface area contributed by atoms with Gasteiger partial charge in [0.1, 0.15) is 5.75 Å². The molecule has 3 heteroatoms. The van der Waals surface area contributed by atoms with Gasteiger partial charge in [0.15, 0.2) is 6.10 Å². The summed E-state index contributed by atoms with van der Waals surface area (Å²) in [6.07, 6.45) is 16.0. The Bertz CT molecular complexity index is 588. The average molecular weight is 387 g/mol. The molecule has 0 fully saturated rings. The lowest BCUT2D eigenvalue weighted by molar-refractivity contribution is -0.151. The quantitative estimate of drug-likeness (QED) is 0.301. The minimum Gasteiger partial charge on any atom is -0.479 e. The van der Waals surface area contributed by atoms with Gasteiger partial charge in [-0.2, -0.15) is 0 Å². The van der Waals surface area contributed by atoms with Gasteiger partial charge in [0.25, 0.3) is 0 Å². The Labute approximate surface area is 171 Å². The minimum absolute atomic E-state index is 0.246. The molecule has 1 aromatic rings. The van der Waals surface area contributed by atoms with Gasteiger partial charge >= 0.3 is 5.97 Å². The van der Waals surface area contributed by atoms with E-state index in [4.69, 9.17) is 9.47 Å². The molecule has 3 nitrogen and oxygen atoms in total. The Morgan fingerprint density at radius 1 is 0.964 bits per heavy atom. The number of benzene rings is 1. The fourth-order valence-corrected chi connectivity index (χ4v) is 3.76. The van der Waals surface area contributed by atoms with Gasteiger partial charge in [-0.25, -0.2) is 4.79 Å². The third-order valence-electron chi connectivity index (χ3n) is 5.41. The fraction of sp³-hybridized carbons (Fsp3) is 0.640. The zero-order chi connectivity index (χ0) is 20.0. The second-order valence-electron chi connectivity index (χ2n) is 7.77. The first-order chi connectivity index (χ1) is 13.7. The lowest BCUT2D eigenvalue weighted by atomic mass is 9.95. The van der Waals surface area contributed by atoms with Crippen molar-refractivity contribution in [3.63, 3.8) is 0 Å². The lowest BCUT2D eigenvalue weighted by Crippen LogP contribution is -2.29. The third-order valence-corrected chi connectivity index (χ3v) is 5.41. The number of rotatable bonds is 11. The standard InChI is InChI=1S/C25H38O3/c1-3-5-6-8-13-16-24(25(26)27-4-2)28-23-19-17-22(18-20-23)21-14-11-9-7-10-12-15-21/h14,17-20,24H,3-13,15-16H2,1-2H3/b21-14+. The largest absolute Gasteiger partial charge is 0.479 e. The molecular formula is C25H38O3. The van der Waals surface area contributed by atoms with E-state index in [-0.39, 0.29) is 5.97 Å². The third kappa shape index (κ3) is 8.08. The Kier molecular flexibility index (Phi) is 10.8. The van der Waals surface area contributed by atoms with Crippen molar-refractivity contribution in [1.29, 1.82) is 0 Å². The molecule has 0 aliphatic heterocycles. The molecule has 0 heterocycles. The molecule has 156 valence electrons. The Morgan fingerprint density at radius 3 is 2.46 bits per heavy atom. The molecule has 1 unspecified atom stereocenters. The highest BCUT2D eigenvalue weighted by Gasteiger charge is 2.21. The van der Waals surface area contributed by atoms with Gasteiger partial charge in [0.2, 0.25) is 0 Å². The average Bonchev–Trinajstić information content (AvgIpc) is 2.67. The van der Waals surface area contributed by atoms with E-state index >= 15 is 0 Å². The summed E-state index contributed by atoms with van der Waals surface area (Å²) in [5.41, 5.74) is 2.73. The van der Waals surface area contributed by atoms with Crippen LogP contribution in [0.2, 0.25) is 0 Å². The number of allylic oxidation sites excluding steroid dienone is 2. The molecule has 0 N–H and O–H groups in total. The van der Waals surface area contributed by atoms with Crippen LogP contribution in [0.1, 0.15) is 96.5 Å². The Hall–Kier alpha value is -1.77. The normalized spacial score (nSPS) is 17.7. The zero-order valence-corrected chi connectivity index (χ0v) is 17.9. The van der Waals surface area contributed by atoms with Crippen LogP contribution in [0, 0.1) is 0 Å². The van der Waals surface area contributed by atoms with Crippen molar-refractivity contribution in [1.82, 2.24) is 0 Å². The first kappa shape index (κ1) is 22.5. The Balaban J connectivity index is 1.95. The number of hydrogen-bond donors (Lipinski definition) is 0. The summed E-state index contributed by atoms with van der Waals surface area (Å²) in [6.45, 7) is 4.44. The van der Waals surface area contributed by atoms with Gasteiger partial charge in [-0.05, 0) is 68.7 Å². The van der Waals surface area contributed by atoms with E-state index in [0.29, 0.717) is 6.61 Å². The highest BCUT2D eigenvalue weighted by atomic mass is 16.6. The summed E-state index contributed by atoms with van der Waals surface area (Å²) >= 11 is 0. The number of hydrogen-bond acceptors (Lipinski definition) is 3. The van der Waals surface area contributed by atoms with Crippen LogP contribution in [0.25, 0.3) is 5.57 Å². The Morgan fingerprint density at radius 2 is 1.71 bits per heavy atom. The molecule has 0 amide bonds. The predicted molar refractivity (Wildman–Crippen MR) is 117 cm³/mol. The summed E-state index contributed by atoms with van der Waals surface area (Å²) in [7, 11) is 0. The smallest absolute Gasteiger partial charge is 0.347 e. The van der Waals surface area contributed by atoms with Crippen LogP contribution in [0.5, 0.6) is 5.75 Å². The molecule has 0 aromatic heterocycles. The van der Waals surface area contributed by atoms with E-state index in [2.05, 4.69) is 25.1 Å². The number of unbranched alkanes of at least 4 members (excludes halogenated alkanes) is 4. The van der Waals surface area contributed by atoms with Gasteiger partial charge in [-0.3, -0.25) is 0 Å². The second-order valence-corrected chi connectivity index (χ2v) is 7.77. The predicted octanol–water partition coefficient (Wildman–Crippen LogP) is 7.10. The maximum absolute atomic E-state index is 12.3. The molecule has 0 saturated heterocycles. The summed E-state index contributed by atoms with van der Waals surface area (Å²) in [5, 5.41) is 0. The van der Waals surface area contributed by atoms with E-state index in [1.165, 1.54) is 62.5 Å².